The van der Waals surface area contributed by atoms with Crippen molar-refractivity contribution < 1.29 is 14.4 Å². The Morgan fingerprint density at radius 2 is 1.54 bits per heavy atom. The molecule has 0 aliphatic carbocycles. The van der Waals surface area contributed by atoms with Crippen LogP contribution in [-0.2, 0) is 14.4 Å². The number of nitrogens with zero attached hydrogens (tertiary/aromatic N) is 7. The number of benzene rings is 1. The van der Waals surface area contributed by atoms with Gasteiger partial charge in [0.25, 0.3) is 0 Å². The molecule has 3 aromatic rings. The third-order valence-corrected chi connectivity index (χ3v) is 12.0. The Kier molecular flexibility index (Phi) is 9.89. The molecule has 5 aliphatic rings. The molecule has 8 rings (SSSR count). The Hall–Kier alpha value is -4.49. The van der Waals surface area contributed by atoms with E-state index in [-0.39, 0.29) is 29.2 Å². The van der Waals surface area contributed by atoms with Gasteiger partial charge in [-0.05, 0) is 101 Å². The first-order valence-corrected chi connectivity index (χ1v) is 19.2. The van der Waals surface area contributed by atoms with Gasteiger partial charge in [-0.2, -0.15) is 4.98 Å². The topological polar surface area (TPSA) is 139 Å². The van der Waals surface area contributed by atoms with Crippen LogP contribution in [0.1, 0.15) is 64.2 Å². The van der Waals surface area contributed by atoms with Crippen molar-refractivity contribution in [1.82, 2.24) is 25.2 Å². The molecule has 52 heavy (non-hydrogen) atoms. The maximum atomic E-state index is 14.0. The lowest BCUT2D eigenvalue weighted by molar-refractivity contribution is -0.133. The third kappa shape index (κ3) is 7.25. The zero-order valence-electron chi connectivity index (χ0n) is 29.5. The quantitative estimate of drug-likeness (QED) is 0.272. The summed E-state index contributed by atoms with van der Waals surface area (Å²) in [5.74, 6) is 0.963. The van der Waals surface area contributed by atoms with E-state index >= 15 is 0 Å². The number of likely N-dealkylation sites (tertiary alicyclic amines) is 1. The first kappa shape index (κ1) is 34.6. The molecule has 1 unspecified atom stereocenters. The van der Waals surface area contributed by atoms with Gasteiger partial charge in [-0.1, -0.05) is 11.6 Å². The van der Waals surface area contributed by atoms with E-state index in [1.807, 2.05) is 23.1 Å². The first-order chi connectivity index (χ1) is 25.3. The van der Waals surface area contributed by atoms with E-state index in [2.05, 4.69) is 52.8 Å². The Labute approximate surface area is 309 Å². The highest BCUT2D eigenvalue weighted by Crippen LogP contribution is 2.44. The minimum Gasteiger partial charge on any atom is -0.374 e. The number of piperidine rings is 4. The molecule has 0 radical (unpaired) electrons. The largest absolute Gasteiger partial charge is 0.374 e. The predicted octanol–water partition coefficient (Wildman–Crippen LogP) is 4.96. The van der Waals surface area contributed by atoms with E-state index < -0.39 is 0 Å². The average molecular weight is 727 g/mol. The Morgan fingerprint density at radius 3 is 2.29 bits per heavy atom. The van der Waals surface area contributed by atoms with Gasteiger partial charge >= 0.3 is 0 Å². The van der Waals surface area contributed by atoms with Crippen molar-refractivity contribution in [2.24, 2.45) is 5.41 Å². The number of carbonyl (C=O) groups is 3. The fourth-order valence-corrected chi connectivity index (χ4v) is 8.87. The summed E-state index contributed by atoms with van der Waals surface area (Å²) in [6, 6.07) is 10.3. The predicted molar refractivity (Wildman–Crippen MR) is 202 cm³/mol. The molecule has 0 bridgehead atoms. The van der Waals surface area contributed by atoms with Gasteiger partial charge in [0.05, 0.1) is 35.4 Å². The van der Waals surface area contributed by atoms with Crippen LogP contribution >= 0.6 is 11.6 Å². The highest BCUT2D eigenvalue weighted by molar-refractivity contribution is 6.32. The van der Waals surface area contributed by atoms with Gasteiger partial charge in [-0.25, -0.2) is 4.98 Å². The van der Waals surface area contributed by atoms with Crippen LogP contribution in [0.2, 0.25) is 5.02 Å². The lowest BCUT2D eigenvalue weighted by atomic mass is 9.76. The molecule has 14 heteroatoms. The van der Waals surface area contributed by atoms with Crippen LogP contribution < -0.4 is 30.7 Å². The second kappa shape index (κ2) is 14.9. The SMILES string of the molecule is O=C1CCC(Nc2ccc(N3CCC(N4CCC5(CCN(c6cncc(Nc7ncc(Cl)c(N8CCCCC8)n7)c6)C5=O)CC4)CC3)cc2)C(=O)N1. The summed E-state index contributed by atoms with van der Waals surface area (Å²) in [7, 11) is 0. The van der Waals surface area contributed by atoms with Gasteiger partial charge in [0.1, 0.15) is 11.1 Å². The molecule has 5 fully saturated rings. The molecule has 13 nitrogen and oxygen atoms in total. The Morgan fingerprint density at radius 1 is 0.788 bits per heavy atom. The highest BCUT2D eigenvalue weighted by Gasteiger charge is 2.49. The van der Waals surface area contributed by atoms with Gasteiger partial charge < -0.3 is 30.2 Å². The van der Waals surface area contributed by atoms with Crippen LogP contribution in [0.25, 0.3) is 0 Å². The smallest absolute Gasteiger partial charge is 0.249 e. The van der Waals surface area contributed by atoms with E-state index in [0.29, 0.717) is 36.4 Å². The minimum atomic E-state index is -0.384. The zero-order chi connectivity index (χ0) is 35.7. The lowest BCUT2D eigenvalue weighted by Gasteiger charge is -2.44. The molecule has 2 aromatic heterocycles. The second-order valence-electron chi connectivity index (χ2n) is 14.9. The van der Waals surface area contributed by atoms with E-state index in [1.165, 1.54) is 12.1 Å². The van der Waals surface area contributed by atoms with Crippen molar-refractivity contribution in [3.05, 3.63) is 53.9 Å². The van der Waals surface area contributed by atoms with Crippen LogP contribution in [0.15, 0.2) is 48.9 Å². The summed E-state index contributed by atoms with van der Waals surface area (Å²) in [4.78, 5) is 60.4. The van der Waals surface area contributed by atoms with E-state index in [0.717, 1.165) is 107 Å². The number of imide groups is 1. The number of aromatic nitrogens is 3. The van der Waals surface area contributed by atoms with Crippen molar-refractivity contribution in [3.63, 3.8) is 0 Å². The normalized spacial score (nSPS) is 22.9. The monoisotopic (exact) mass is 726 g/mol. The summed E-state index contributed by atoms with van der Waals surface area (Å²) < 4.78 is 0. The van der Waals surface area contributed by atoms with Gasteiger partial charge in [-0.3, -0.25) is 24.7 Å². The maximum Gasteiger partial charge on any atom is 0.249 e. The van der Waals surface area contributed by atoms with Crippen LogP contribution in [0.5, 0.6) is 0 Å². The van der Waals surface area contributed by atoms with Gasteiger partial charge in [-0.15, -0.1) is 0 Å². The lowest BCUT2D eigenvalue weighted by Crippen LogP contribution is -2.51. The second-order valence-corrected chi connectivity index (χ2v) is 15.3. The minimum absolute atomic E-state index is 0.207. The summed E-state index contributed by atoms with van der Waals surface area (Å²) in [6.45, 7) is 6.42. The fourth-order valence-electron chi connectivity index (χ4n) is 8.66. The van der Waals surface area contributed by atoms with Crippen LogP contribution in [-0.4, -0.2) is 95.5 Å². The van der Waals surface area contributed by atoms with Crippen molar-refractivity contribution in [1.29, 1.82) is 0 Å². The van der Waals surface area contributed by atoms with Crippen molar-refractivity contribution in [2.45, 2.75) is 76.3 Å². The molecule has 5 saturated heterocycles. The molecular weight excluding hydrogens is 680 g/mol. The van der Waals surface area contributed by atoms with Gasteiger partial charge in [0.2, 0.25) is 23.7 Å². The summed E-state index contributed by atoms with van der Waals surface area (Å²) in [5, 5.41) is 9.51. The number of amides is 3. The van der Waals surface area contributed by atoms with Crippen LogP contribution in [0.4, 0.5) is 34.5 Å². The van der Waals surface area contributed by atoms with E-state index in [4.69, 9.17) is 16.6 Å². The van der Waals surface area contributed by atoms with Crippen LogP contribution in [0.3, 0.4) is 0 Å². The molecule has 0 saturated carbocycles. The fraction of sp³-hybridized carbons (Fsp3) is 0.526. The van der Waals surface area contributed by atoms with Crippen LogP contribution in [0, 0.1) is 5.41 Å². The Balaban J connectivity index is 0.826. The first-order valence-electron chi connectivity index (χ1n) is 18.8. The number of nitrogens with one attached hydrogen (secondary N) is 3. The Bertz CT molecular complexity index is 1790. The van der Waals surface area contributed by atoms with Gasteiger partial charge in [0, 0.05) is 56.6 Å². The molecule has 3 amide bonds. The van der Waals surface area contributed by atoms with E-state index in [9.17, 15) is 14.4 Å². The summed E-state index contributed by atoms with van der Waals surface area (Å²) in [5.41, 5.74) is 3.28. The molecule has 1 spiro atoms. The standard InChI is InChI=1S/C38H47ClN10O3/c39-31-25-41-37(45-34(31)48-15-2-1-3-16-48)43-27-22-30(24-40-23-27)49-21-14-38(36(49)52)12-19-47(20-13-38)29-10-17-46(18-11-29)28-6-4-26(5-7-28)42-32-8-9-33(50)44-35(32)51/h4-7,22-25,29,32,42H,1-3,8-21H2,(H,41,43,45)(H,44,50,51). The average Bonchev–Trinajstić information content (AvgIpc) is 3.49. The molecule has 274 valence electrons. The number of pyridine rings is 1. The number of anilines is 6. The molecule has 1 aromatic carbocycles. The zero-order valence-corrected chi connectivity index (χ0v) is 30.3. The number of hydrogen-bond donors (Lipinski definition) is 3. The number of halogens is 1. The van der Waals surface area contributed by atoms with Crippen molar-refractivity contribution in [3.8, 4) is 0 Å². The third-order valence-electron chi connectivity index (χ3n) is 11.7. The summed E-state index contributed by atoms with van der Waals surface area (Å²) in [6.07, 6.45) is 14.3. The maximum absolute atomic E-state index is 14.0. The van der Waals surface area contributed by atoms with Gasteiger partial charge in [0.15, 0.2) is 5.82 Å². The van der Waals surface area contributed by atoms with Crippen molar-refractivity contribution in [2.75, 3.05) is 71.1 Å². The molecule has 5 aliphatic heterocycles. The number of hydrogen-bond acceptors (Lipinski definition) is 11. The molecule has 7 heterocycles. The molecule has 3 N–H and O–H groups in total. The highest BCUT2D eigenvalue weighted by atomic mass is 35.5. The number of rotatable bonds is 8. The number of carbonyl (C=O) groups excluding carboxylic acids is 3. The van der Waals surface area contributed by atoms with Crippen molar-refractivity contribution >= 4 is 63.8 Å². The van der Waals surface area contributed by atoms with E-state index in [1.54, 1.807) is 18.6 Å². The summed E-state index contributed by atoms with van der Waals surface area (Å²) >= 11 is 6.47. The molecule has 1 atom stereocenters. The molecular formula is C38H47ClN10O3.